The first-order chi connectivity index (χ1) is 10.8. The van der Waals surface area contributed by atoms with E-state index in [0.717, 1.165) is 21.8 Å². The Hall–Kier alpha value is -1.96. The summed E-state index contributed by atoms with van der Waals surface area (Å²) in [7, 11) is 1.79. The van der Waals surface area contributed by atoms with E-state index >= 15 is 0 Å². The van der Waals surface area contributed by atoms with Crippen LogP contribution in [0.1, 0.15) is 34.0 Å². The minimum Gasteiger partial charge on any atom is -0.433 e. The number of amides is 1. The van der Waals surface area contributed by atoms with E-state index in [-0.39, 0.29) is 22.6 Å². The fourth-order valence-corrected chi connectivity index (χ4v) is 3.09. The average molecular weight is 343 g/mol. The average Bonchev–Trinajstić information content (AvgIpc) is 3.00. The Morgan fingerprint density at radius 1 is 1.48 bits per heavy atom. The zero-order chi connectivity index (χ0) is 17.1. The number of ether oxygens (including phenoxy) is 1. The van der Waals surface area contributed by atoms with E-state index in [1.54, 1.807) is 29.7 Å². The first-order valence-electron chi connectivity index (χ1n) is 7.11. The van der Waals surface area contributed by atoms with Gasteiger partial charge in [-0.15, -0.1) is 11.3 Å². The second kappa shape index (κ2) is 7.08. The molecule has 0 bridgehead atoms. The van der Waals surface area contributed by atoms with Crippen molar-refractivity contribution in [3.8, 4) is 5.75 Å². The maximum Gasteiger partial charge on any atom is 0.387 e. The molecule has 0 aromatic carbocycles. The summed E-state index contributed by atoms with van der Waals surface area (Å²) in [5.41, 5.74) is 0.874. The van der Waals surface area contributed by atoms with Crippen molar-refractivity contribution >= 4 is 17.2 Å². The van der Waals surface area contributed by atoms with Crippen LogP contribution in [0.25, 0.3) is 0 Å². The number of thiophene rings is 1. The molecular formula is C15H19F2N3O2S. The molecule has 5 nitrogen and oxygen atoms in total. The summed E-state index contributed by atoms with van der Waals surface area (Å²) in [5, 5.41) is 4.08. The molecule has 1 amide bonds. The van der Waals surface area contributed by atoms with Crippen molar-refractivity contribution in [2.24, 2.45) is 7.05 Å². The maximum atomic E-state index is 12.8. The van der Waals surface area contributed by atoms with Crippen LogP contribution in [0.3, 0.4) is 0 Å². The third-order valence-corrected chi connectivity index (χ3v) is 4.25. The molecule has 0 N–H and O–H groups in total. The Labute approximate surface area is 137 Å². The Bertz CT molecular complexity index is 682. The van der Waals surface area contributed by atoms with Gasteiger partial charge in [-0.25, -0.2) is 0 Å². The van der Waals surface area contributed by atoms with Gasteiger partial charge in [0.2, 0.25) is 0 Å². The molecule has 0 spiro atoms. The van der Waals surface area contributed by atoms with Gasteiger partial charge in [0, 0.05) is 36.3 Å². The van der Waals surface area contributed by atoms with Gasteiger partial charge in [0.1, 0.15) is 10.6 Å². The van der Waals surface area contributed by atoms with Crippen LogP contribution in [0.5, 0.6) is 5.75 Å². The van der Waals surface area contributed by atoms with Gasteiger partial charge in [0.05, 0.1) is 6.20 Å². The number of aryl methyl sites for hydroxylation is 2. The zero-order valence-corrected chi connectivity index (χ0v) is 14.2. The van der Waals surface area contributed by atoms with Crippen molar-refractivity contribution in [2.75, 3.05) is 0 Å². The van der Waals surface area contributed by atoms with E-state index in [0.29, 0.717) is 6.54 Å². The van der Waals surface area contributed by atoms with Crippen LogP contribution in [0, 0.1) is 6.92 Å². The normalized spacial score (nSPS) is 11.3. The molecule has 0 fully saturated rings. The smallest absolute Gasteiger partial charge is 0.387 e. The summed E-state index contributed by atoms with van der Waals surface area (Å²) in [5.74, 6) is -0.387. The van der Waals surface area contributed by atoms with Crippen LogP contribution in [0.15, 0.2) is 18.5 Å². The number of carbonyl (C=O) groups excluding carboxylic acids is 1. The standard InChI is InChI=1S/C15H19F2N3O2S/c1-9(2)20(8-11-6-18-19(4)7-11)14(21)13-12(22-15(16)17)5-10(3)23-13/h5-7,9,15H,8H2,1-4H3. The van der Waals surface area contributed by atoms with Crippen LogP contribution in [-0.2, 0) is 13.6 Å². The Morgan fingerprint density at radius 2 is 2.17 bits per heavy atom. The number of nitrogens with zero attached hydrogens (tertiary/aromatic N) is 3. The largest absolute Gasteiger partial charge is 0.433 e. The lowest BCUT2D eigenvalue weighted by atomic mass is 10.2. The summed E-state index contributed by atoms with van der Waals surface area (Å²) in [6, 6.07) is 1.37. The summed E-state index contributed by atoms with van der Waals surface area (Å²) in [6.07, 6.45) is 3.50. The highest BCUT2D eigenvalue weighted by Crippen LogP contribution is 2.32. The first kappa shape index (κ1) is 17.4. The lowest BCUT2D eigenvalue weighted by Crippen LogP contribution is -2.36. The molecule has 8 heteroatoms. The van der Waals surface area contributed by atoms with E-state index in [4.69, 9.17) is 0 Å². The quantitative estimate of drug-likeness (QED) is 0.807. The third-order valence-electron chi connectivity index (χ3n) is 3.23. The van der Waals surface area contributed by atoms with E-state index in [2.05, 4.69) is 9.84 Å². The van der Waals surface area contributed by atoms with Gasteiger partial charge >= 0.3 is 6.61 Å². The molecule has 126 valence electrons. The predicted molar refractivity (Wildman–Crippen MR) is 83.9 cm³/mol. The fourth-order valence-electron chi connectivity index (χ4n) is 2.19. The molecule has 0 radical (unpaired) electrons. The molecule has 0 aliphatic carbocycles. The highest BCUT2D eigenvalue weighted by Gasteiger charge is 2.26. The summed E-state index contributed by atoms with van der Waals surface area (Å²) < 4.78 is 31.2. The molecule has 23 heavy (non-hydrogen) atoms. The number of halogens is 2. The minimum absolute atomic E-state index is 0.0654. The molecule has 0 aliphatic heterocycles. The van der Waals surface area contributed by atoms with Crippen molar-refractivity contribution in [1.29, 1.82) is 0 Å². The SMILES string of the molecule is Cc1cc(OC(F)F)c(C(=O)N(Cc2cnn(C)c2)C(C)C)s1. The van der Waals surface area contributed by atoms with Crippen LogP contribution < -0.4 is 4.74 Å². The Morgan fingerprint density at radius 3 is 2.70 bits per heavy atom. The van der Waals surface area contributed by atoms with E-state index in [1.807, 2.05) is 20.0 Å². The van der Waals surface area contributed by atoms with E-state index < -0.39 is 6.61 Å². The monoisotopic (exact) mass is 343 g/mol. The Balaban J connectivity index is 2.27. The van der Waals surface area contributed by atoms with Gasteiger partial charge in [-0.3, -0.25) is 9.48 Å². The molecule has 2 aromatic heterocycles. The number of rotatable bonds is 6. The minimum atomic E-state index is -2.96. The first-order valence-corrected chi connectivity index (χ1v) is 7.93. The van der Waals surface area contributed by atoms with Crippen molar-refractivity contribution < 1.29 is 18.3 Å². The molecule has 2 aromatic rings. The van der Waals surface area contributed by atoms with Crippen molar-refractivity contribution in [2.45, 2.75) is 40.0 Å². The van der Waals surface area contributed by atoms with Gasteiger partial charge in [0.15, 0.2) is 0 Å². The molecule has 0 saturated carbocycles. The van der Waals surface area contributed by atoms with Crippen molar-refractivity contribution in [3.05, 3.63) is 33.8 Å². The highest BCUT2D eigenvalue weighted by atomic mass is 32.1. The third kappa shape index (κ3) is 4.28. The van der Waals surface area contributed by atoms with Crippen LogP contribution >= 0.6 is 11.3 Å². The summed E-state index contributed by atoms with van der Waals surface area (Å²) in [6.45, 7) is 2.90. The number of carbonyl (C=O) groups is 1. The predicted octanol–water partition coefficient (Wildman–Crippen LogP) is 3.44. The molecule has 0 saturated heterocycles. The second-order valence-corrected chi connectivity index (χ2v) is 6.73. The second-order valence-electron chi connectivity index (χ2n) is 5.48. The number of alkyl halides is 2. The van der Waals surface area contributed by atoms with Gasteiger partial charge in [-0.1, -0.05) is 0 Å². The number of hydrogen-bond acceptors (Lipinski definition) is 4. The van der Waals surface area contributed by atoms with E-state index in [9.17, 15) is 13.6 Å². The number of hydrogen-bond donors (Lipinski definition) is 0. The zero-order valence-electron chi connectivity index (χ0n) is 13.4. The summed E-state index contributed by atoms with van der Waals surface area (Å²) >= 11 is 1.16. The lowest BCUT2D eigenvalue weighted by molar-refractivity contribution is -0.0499. The lowest BCUT2D eigenvalue weighted by Gasteiger charge is -2.26. The molecule has 2 rings (SSSR count). The molecule has 2 heterocycles. The molecule has 0 unspecified atom stereocenters. The molecule has 0 aliphatic rings. The van der Waals surface area contributed by atoms with Gasteiger partial charge in [-0.2, -0.15) is 13.9 Å². The van der Waals surface area contributed by atoms with Gasteiger partial charge < -0.3 is 9.64 Å². The number of aromatic nitrogens is 2. The highest BCUT2D eigenvalue weighted by molar-refractivity contribution is 7.14. The van der Waals surface area contributed by atoms with Gasteiger partial charge in [0.25, 0.3) is 5.91 Å². The fraction of sp³-hybridized carbons (Fsp3) is 0.467. The van der Waals surface area contributed by atoms with E-state index in [1.165, 1.54) is 6.07 Å². The van der Waals surface area contributed by atoms with Crippen LogP contribution in [-0.4, -0.2) is 33.2 Å². The van der Waals surface area contributed by atoms with Crippen molar-refractivity contribution in [3.63, 3.8) is 0 Å². The van der Waals surface area contributed by atoms with Crippen LogP contribution in [0.4, 0.5) is 8.78 Å². The van der Waals surface area contributed by atoms with Crippen LogP contribution in [0.2, 0.25) is 0 Å². The molecule has 0 atom stereocenters. The topological polar surface area (TPSA) is 47.4 Å². The maximum absolute atomic E-state index is 12.8. The molecular weight excluding hydrogens is 324 g/mol. The van der Waals surface area contributed by atoms with Gasteiger partial charge in [-0.05, 0) is 26.8 Å². The Kier molecular flexibility index (Phi) is 5.35. The van der Waals surface area contributed by atoms with Crippen molar-refractivity contribution in [1.82, 2.24) is 14.7 Å². The summed E-state index contributed by atoms with van der Waals surface area (Å²) in [4.78, 5) is 15.3.